The van der Waals surface area contributed by atoms with E-state index in [0.29, 0.717) is 30.4 Å². The van der Waals surface area contributed by atoms with Crippen LogP contribution in [0.4, 0.5) is 0 Å². The Kier molecular flexibility index (Phi) is 4.98. The number of hydrogen-bond donors (Lipinski definition) is 0. The normalized spacial score (nSPS) is 17.5. The van der Waals surface area contributed by atoms with Gasteiger partial charge >= 0.3 is 0 Å². The molecule has 0 atom stereocenters. The van der Waals surface area contributed by atoms with Gasteiger partial charge in [0.05, 0.1) is 22.3 Å². The lowest BCUT2D eigenvalue weighted by atomic mass is 10.1. The van der Waals surface area contributed by atoms with Crippen molar-refractivity contribution in [3.8, 4) is 0 Å². The fraction of sp³-hybridized carbons (Fsp3) is 0.385. The smallest absolute Gasteiger partial charge is 0.246 e. The van der Waals surface area contributed by atoms with Gasteiger partial charge in [-0.15, -0.1) is 5.10 Å². The maximum atomic E-state index is 12.8. The molecule has 0 radical (unpaired) electrons. The van der Waals surface area contributed by atoms with Crippen LogP contribution in [-0.2, 0) is 10.0 Å². The van der Waals surface area contributed by atoms with Crippen LogP contribution in [0.3, 0.4) is 0 Å². The Labute approximate surface area is 152 Å². The summed E-state index contributed by atoms with van der Waals surface area (Å²) in [6, 6.07) is 3.21. The van der Waals surface area contributed by atoms with Gasteiger partial charge in [0.25, 0.3) is 0 Å². The Morgan fingerprint density at radius 3 is 2.30 bits per heavy atom. The molecule has 1 aliphatic rings. The lowest BCUT2D eigenvalue weighted by Crippen LogP contribution is -2.39. The molecular formula is C13H13BrCl2N4O2S. The Morgan fingerprint density at radius 1 is 1.17 bits per heavy atom. The van der Waals surface area contributed by atoms with Crippen molar-refractivity contribution in [3.63, 3.8) is 0 Å². The van der Waals surface area contributed by atoms with Gasteiger partial charge in [0, 0.05) is 23.8 Å². The Balaban J connectivity index is 1.82. The van der Waals surface area contributed by atoms with E-state index in [-0.39, 0.29) is 21.0 Å². The average Bonchev–Trinajstić information content (AvgIpc) is 3.00. The molecule has 0 bridgehead atoms. The highest BCUT2D eigenvalue weighted by Crippen LogP contribution is 2.36. The predicted molar refractivity (Wildman–Crippen MR) is 91.2 cm³/mol. The zero-order valence-electron chi connectivity index (χ0n) is 11.9. The van der Waals surface area contributed by atoms with Crippen LogP contribution < -0.4 is 0 Å². The monoisotopic (exact) mass is 438 g/mol. The van der Waals surface area contributed by atoms with Crippen LogP contribution in [0.2, 0.25) is 10.0 Å². The predicted octanol–water partition coefficient (Wildman–Crippen LogP) is 3.37. The van der Waals surface area contributed by atoms with E-state index in [1.807, 2.05) is 0 Å². The van der Waals surface area contributed by atoms with Crippen molar-refractivity contribution in [2.75, 3.05) is 13.1 Å². The number of benzene rings is 1. The van der Waals surface area contributed by atoms with Crippen molar-refractivity contribution in [2.24, 2.45) is 0 Å². The molecule has 1 saturated heterocycles. The molecule has 1 aromatic heterocycles. The summed E-state index contributed by atoms with van der Waals surface area (Å²) >= 11 is 15.5. The molecule has 23 heavy (non-hydrogen) atoms. The van der Waals surface area contributed by atoms with Gasteiger partial charge in [-0.2, -0.15) is 4.31 Å². The summed E-state index contributed by atoms with van der Waals surface area (Å²) in [6.07, 6.45) is 4.73. The zero-order chi connectivity index (χ0) is 16.6. The summed E-state index contributed by atoms with van der Waals surface area (Å²) in [4.78, 5) is -0.0387. The molecule has 0 saturated carbocycles. The minimum absolute atomic E-state index is 0.0387. The highest BCUT2D eigenvalue weighted by molar-refractivity contribution is 9.10. The second-order valence-corrected chi connectivity index (χ2v) is 8.82. The molecule has 0 N–H and O–H groups in total. The summed E-state index contributed by atoms with van der Waals surface area (Å²) in [6.45, 7) is 0.769. The van der Waals surface area contributed by atoms with Gasteiger partial charge in [0.2, 0.25) is 10.0 Å². The van der Waals surface area contributed by atoms with Gasteiger partial charge in [-0.05, 0) is 25.0 Å². The number of rotatable bonds is 3. The van der Waals surface area contributed by atoms with Crippen molar-refractivity contribution in [1.29, 1.82) is 0 Å². The second-order valence-electron chi connectivity index (χ2n) is 5.22. The molecule has 124 valence electrons. The van der Waals surface area contributed by atoms with E-state index in [1.165, 1.54) is 16.4 Å². The fourth-order valence-corrected chi connectivity index (χ4v) is 6.02. The van der Waals surface area contributed by atoms with Gasteiger partial charge in [-0.1, -0.05) is 44.3 Å². The third-order valence-electron chi connectivity index (χ3n) is 3.80. The topological polar surface area (TPSA) is 68.1 Å². The first-order chi connectivity index (χ1) is 10.9. The van der Waals surface area contributed by atoms with Crippen molar-refractivity contribution < 1.29 is 8.42 Å². The van der Waals surface area contributed by atoms with Gasteiger partial charge in [-0.3, -0.25) is 0 Å². The SMILES string of the molecule is O=S(=O)(c1c(Cl)cc(Br)cc1Cl)N1CCC(n2ccnn2)CC1. The second kappa shape index (κ2) is 6.68. The number of piperidine rings is 1. The first-order valence-electron chi connectivity index (χ1n) is 6.90. The number of hydrogen-bond acceptors (Lipinski definition) is 4. The minimum atomic E-state index is -3.73. The van der Waals surface area contributed by atoms with Crippen LogP contribution in [0.5, 0.6) is 0 Å². The quantitative estimate of drug-likeness (QED) is 0.735. The summed E-state index contributed by atoms with van der Waals surface area (Å²) in [5.41, 5.74) is 0. The van der Waals surface area contributed by atoms with E-state index in [1.54, 1.807) is 17.1 Å². The maximum absolute atomic E-state index is 12.8. The molecule has 6 nitrogen and oxygen atoms in total. The lowest BCUT2D eigenvalue weighted by Gasteiger charge is -2.31. The van der Waals surface area contributed by atoms with Crippen molar-refractivity contribution in [3.05, 3.63) is 39.0 Å². The van der Waals surface area contributed by atoms with E-state index in [0.717, 1.165) is 0 Å². The number of nitrogens with zero attached hydrogens (tertiary/aromatic N) is 4. The molecule has 2 heterocycles. The first-order valence-corrected chi connectivity index (χ1v) is 9.89. The van der Waals surface area contributed by atoms with Crippen molar-refractivity contribution >= 4 is 49.2 Å². The van der Waals surface area contributed by atoms with Crippen molar-refractivity contribution in [2.45, 2.75) is 23.8 Å². The molecule has 1 aliphatic heterocycles. The van der Waals surface area contributed by atoms with E-state index in [4.69, 9.17) is 23.2 Å². The molecule has 0 unspecified atom stereocenters. The van der Waals surface area contributed by atoms with Crippen molar-refractivity contribution in [1.82, 2.24) is 19.3 Å². The summed E-state index contributed by atoms with van der Waals surface area (Å²) in [7, 11) is -3.73. The summed E-state index contributed by atoms with van der Waals surface area (Å²) in [5, 5.41) is 7.99. The molecule has 0 aliphatic carbocycles. The molecular weight excluding hydrogens is 427 g/mol. The van der Waals surface area contributed by atoms with Gasteiger partial charge in [0.1, 0.15) is 4.90 Å². The molecule has 10 heteroatoms. The van der Waals surface area contributed by atoms with Gasteiger partial charge in [-0.25, -0.2) is 13.1 Å². The van der Waals surface area contributed by atoms with Crippen LogP contribution in [0.1, 0.15) is 18.9 Å². The standard InChI is InChI=1S/C13H13BrCl2N4O2S/c14-9-7-11(15)13(12(16)8-9)23(21,22)19-4-1-10(2-5-19)20-6-3-17-18-20/h3,6-8,10H,1-2,4-5H2. The minimum Gasteiger partial charge on any atom is -0.249 e. The number of halogens is 3. The molecule has 3 rings (SSSR count). The molecule has 0 amide bonds. The Hall–Kier alpha value is -0.670. The molecule has 1 fully saturated rings. The van der Waals surface area contributed by atoms with E-state index in [2.05, 4.69) is 26.2 Å². The first kappa shape index (κ1) is 17.2. The molecule has 1 aromatic carbocycles. The largest absolute Gasteiger partial charge is 0.249 e. The maximum Gasteiger partial charge on any atom is 0.246 e. The van der Waals surface area contributed by atoms with E-state index < -0.39 is 10.0 Å². The third kappa shape index (κ3) is 3.41. The van der Waals surface area contributed by atoms with Gasteiger partial charge < -0.3 is 0 Å². The number of sulfonamides is 1. The molecule has 0 spiro atoms. The van der Waals surface area contributed by atoms with Crippen LogP contribution in [0, 0.1) is 0 Å². The lowest BCUT2D eigenvalue weighted by molar-refractivity contribution is 0.258. The van der Waals surface area contributed by atoms with Crippen LogP contribution in [0.25, 0.3) is 0 Å². The van der Waals surface area contributed by atoms with E-state index in [9.17, 15) is 8.42 Å². The fourth-order valence-electron chi connectivity index (χ4n) is 2.66. The Morgan fingerprint density at radius 2 is 1.78 bits per heavy atom. The van der Waals surface area contributed by atoms with E-state index >= 15 is 0 Å². The van der Waals surface area contributed by atoms with Crippen LogP contribution in [0.15, 0.2) is 33.9 Å². The number of aromatic nitrogens is 3. The Bertz CT molecular complexity index is 782. The van der Waals surface area contributed by atoms with Crippen LogP contribution >= 0.6 is 39.1 Å². The summed E-state index contributed by atoms with van der Waals surface area (Å²) < 4.78 is 29.5. The highest BCUT2D eigenvalue weighted by atomic mass is 79.9. The highest BCUT2D eigenvalue weighted by Gasteiger charge is 2.33. The summed E-state index contributed by atoms with van der Waals surface area (Å²) in [5.74, 6) is 0. The zero-order valence-corrected chi connectivity index (χ0v) is 15.8. The molecule has 2 aromatic rings. The third-order valence-corrected chi connectivity index (χ3v) is 7.08. The average molecular weight is 440 g/mol. The van der Waals surface area contributed by atoms with Crippen LogP contribution in [-0.4, -0.2) is 40.8 Å². The van der Waals surface area contributed by atoms with Gasteiger partial charge in [0.15, 0.2) is 0 Å².